The Morgan fingerprint density at radius 3 is 2.28 bits per heavy atom. The normalized spacial score (nSPS) is 10.5. The maximum atomic E-state index is 10.7. The fraction of sp³-hybridized carbons (Fsp3) is 0.211. The van der Waals surface area contributed by atoms with Crippen LogP contribution < -0.4 is 18.9 Å². The van der Waals surface area contributed by atoms with Gasteiger partial charge in [-0.15, -0.1) is 0 Å². The first-order chi connectivity index (χ1) is 12.1. The molecule has 0 atom stereocenters. The molecule has 1 N–H and O–H groups in total. The second-order valence-corrected chi connectivity index (χ2v) is 4.92. The van der Waals surface area contributed by atoms with Crippen molar-refractivity contribution in [2.45, 2.75) is 0 Å². The quantitative estimate of drug-likeness (QED) is 0.556. The second kappa shape index (κ2) is 9.22. The van der Waals surface area contributed by atoms with Crippen molar-refractivity contribution in [3.8, 4) is 23.0 Å². The molecule has 0 aliphatic heterocycles. The SMILES string of the molecule is COc1ccc(C=CC(=O)O)c(OCCOc2ccccc2OC)c1. The lowest BCUT2D eigenvalue weighted by molar-refractivity contribution is -0.131. The predicted molar refractivity (Wildman–Crippen MR) is 93.6 cm³/mol. The summed E-state index contributed by atoms with van der Waals surface area (Å²) >= 11 is 0. The molecule has 0 unspecified atom stereocenters. The van der Waals surface area contributed by atoms with E-state index in [4.69, 9.17) is 24.1 Å². The number of hydrogen-bond donors (Lipinski definition) is 1. The molecule has 0 bridgehead atoms. The Balaban J connectivity index is 2.00. The summed E-state index contributed by atoms with van der Waals surface area (Å²) in [5.74, 6) is 1.38. The van der Waals surface area contributed by atoms with E-state index in [0.29, 0.717) is 35.2 Å². The number of ether oxygens (including phenoxy) is 4. The van der Waals surface area contributed by atoms with E-state index >= 15 is 0 Å². The smallest absolute Gasteiger partial charge is 0.328 e. The van der Waals surface area contributed by atoms with Crippen LogP contribution in [0, 0.1) is 0 Å². The van der Waals surface area contributed by atoms with Crippen molar-refractivity contribution < 1.29 is 28.8 Å². The minimum atomic E-state index is -1.03. The summed E-state index contributed by atoms with van der Waals surface area (Å²) in [6.45, 7) is 0.582. The third kappa shape index (κ3) is 5.46. The summed E-state index contributed by atoms with van der Waals surface area (Å²) in [5.41, 5.74) is 0.639. The molecule has 0 amide bonds. The highest BCUT2D eigenvalue weighted by Gasteiger charge is 2.06. The number of methoxy groups -OCH3 is 2. The van der Waals surface area contributed by atoms with Gasteiger partial charge in [0.2, 0.25) is 0 Å². The number of para-hydroxylation sites is 2. The summed E-state index contributed by atoms with van der Waals surface area (Å²) in [6, 6.07) is 12.5. The van der Waals surface area contributed by atoms with Crippen LogP contribution in [-0.2, 0) is 4.79 Å². The highest BCUT2D eigenvalue weighted by Crippen LogP contribution is 2.27. The first kappa shape index (κ1) is 18.2. The Morgan fingerprint density at radius 2 is 1.64 bits per heavy atom. The van der Waals surface area contributed by atoms with Gasteiger partial charge in [0.25, 0.3) is 0 Å². The summed E-state index contributed by atoms with van der Waals surface area (Å²) in [4.78, 5) is 10.7. The van der Waals surface area contributed by atoms with Gasteiger partial charge in [-0.05, 0) is 30.3 Å². The molecule has 0 aromatic heterocycles. The number of carboxylic acid groups (broad SMARTS) is 1. The summed E-state index contributed by atoms with van der Waals surface area (Å²) < 4.78 is 21.8. The number of carboxylic acids is 1. The van der Waals surface area contributed by atoms with Crippen LogP contribution in [0.3, 0.4) is 0 Å². The lowest BCUT2D eigenvalue weighted by Crippen LogP contribution is -2.10. The topological polar surface area (TPSA) is 74.2 Å². The first-order valence-electron chi connectivity index (χ1n) is 7.61. The average Bonchev–Trinajstić information content (AvgIpc) is 2.64. The molecule has 0 saturated heterocycles. The zero-order chi connectivity index (χ0) is 18.1. The van der Waals surface area contributed by atoms with E-state index in [1.54, 1.807) is 32.4 Å². The molecule has 0 aliphatic rings. The van der Waals surface area contributed by atoms with Crippen LogP contribution in [-0.4, -0.2) is 38.5 Å². The highest BCUT2D eigenvalue weighted by atomic mass is 16.5. The van der Waals surface area contributed by atoms with Gasteiger partial charge < -0.3 is 24.1 Å². The molecule has 2 aromatic carbocycles. The van der Waals surface area contributed by atoms with E-state index in [1.807, 2.05) is 24.3 Å². The highest BCUT2D eigenvalue weighted by molar-refractivity contribution is 5.86. The van der Waals surface area contributed by atoms with Crippen molar-refractivity contribution in [1.29, 1.82) is 0 Å². The molecule has 6 heteroatoms. The molecular weight excluding hydrogens is 324 g/mol. The fourth-order valence-electron chi connectivity index (χ4n) is 2.11. The Labute approximate surface area is 146 Å². The van der Waals surface area contributed by atoms with Crippen molar-refractivity contribution in [3.05, 3.63) is 54.1 Å². The number of rotatable bonds is 9. The van der Waals surface area contributed by atoms with Gasteiger partial charge in [0.15, 0.2) is 11.5 Å². The predicted octanol–water partition coefficient (Wildman–Crippen LogP) is 3.26. The van der Waals surface area contributed by atoms with Crippen molar-refractivity contribution in [3.63, 3.8) is 0 Å². The van der Waals surface area contributed by atoms with Gasteiger partial charge >= 0.3 is 5.97 Å². The number of benzene rings is 2. The Hall–Kier alpha value is -3.15. The third-order valence-electron chi connectivity index (χ3n) is 3.29. The summed E-state index contributed by atoms with van der Waals surface area (Å²) in [5, 5.41) is 8.77. The molecule has 25 heavy (non-hydrogen) atoms. The van der Waals surface area contributed by atoms with Gasteiger partial charge in [-0.25, -0.2) is 4.79 Å². The third-order valence-corrected chi connectivity index (χ3v) is 3.29. The number of aliphatic carboxylic acids is 1. The molecule has 0 saturated carbocycles. The minimum Gasteiger partial charge on any atom is -0.497 e. The lowest BCUT2D eigenvalue weighted by Gasteiger charge is -2.13. The zero-order valence-electron chi connectivity index (χ0n) is 14.1. The van der Waals surface area contributed by atoms with Crippen LogP contribution in [0.5, 0.6) is 23.0 Å². The van der Waals surface area contributed by atoms with Gasteiger partial charge in [0, 0.05) is 17.7 Å². The summed E-state index contributed by atoms with van der Waals surface area (Å²) in [7, 11) is 3.13. The van der Waals surface area contributed by atoms with E-state index in [1.165, 1.54) is 6.08 Å². The van der Waals surface area contributed by atoms with Crippen LogP contribution in [0.2, 0.25) is 0 Å². The average molecular weight is 344 g/mol. The van der Waals surface area contributed by atoms with Crippen LogP contribution in [0.4, 0.5) is 0 Å². The number of hydrogen-bond acceptors (Lipinski definition) is 5. The van der Waals surface area contributed by atoms with Gasteiger partial charge in [0.05, 0.1) is 14.2 Å². The van der Waals surface area contributed by atoms with Crippen LogP contribution in [0.25, 0.3) is 6.08 Å². The molecule has 0 aliphatic carbocycles. The Bertz CT molecular complexity index is 738. The molecular formula is C19H20O6. The largest absolute Gasteiger partial charge is 0.497 e. The maximum absolute atomic E-state index is 10.7. The Kier molecular flexibility index (Phi) is 6.71. The van der Waals surface area contributed by atoms with E-state index in [-0.39, 0.29) is 6.61 Å². The van der Waals surface area contributed by atoms with Crippen LogP contribution >= 0.6 is 0 Å². The zero-order valence-corrected chi connectivity index (χ0v) is 14.1. The van der Waals surface area contributed by atoms with Gasteiger partial charge in [-0.1, -0.05) is 12.1 Å². The maximum Gasteiger partial charge on any atom is 0.328 e. The van der Waals surface area contributed by atoms with Crippen molar-refractivity contribution in [1.82, 2.24) is 0 Å². The molecule has 0 heterocycles. The first-order valence-corrected chi connectivity index (χ1v) is 7.61. The van der Waals surface area contributed by atoms with E-state index in [0.717, 1.165) is 6.08 Å². The molecule has 132 valence electrons. The van der Waals surface area contributed by atoms with Crippen LogP contribution in [0.15, 0.2) is 48.5 Å². The van der Waals surface area contributed by atoms with E-state index in [2.05, 4.69) is 0 Å². The Morgan fingerprint density at radius 1 is 0.960 bits per heavy atom. The monoisotopic (exact) mass is 344 g/mol. The van der Waals surface area contributed by atoms with Gasteiger partial charge in [-0.2, -0.15) is 0 Å². The van der Waals surface area contributed by atoms with Gasteiger partial charge in [0.1, 0.15) is 24.7 Å². The fourth-order valence-corrected chi connectivity index (χ4v) is 2.11. The second-order valence-electron chi connectivity index (χ2n) is 4.92. The minimum absolute atomic E-state index is 0.277. The standard InChI is InChI=1S/C19H20O6/c1-22-15-9-7-14(8-10-19(20)21)18(13-15)25-12-11-24-17-6-4-3-5-16(17)23-2/h3-10,13H,11-12H2,1-2H3,(H,20,21). The number of carbonyl (C=O) groups is 1. The van der Waals surface area contributed by atoms with E-state index in [9.17, 15) is 4.79 Å². The van der Waals surface area contributed by atoms with Crippen molar-refractivity contribution >= 4 is 12.0 Å². The molecule has 0 radical (unpaired) electrons. The molecule has 0 spiro atoms. The molecule has 6 nitrogen and oxygen atoms in total. The summed E-state index contributed by atoms with van der Waals surface area (Å²) in [6.07, 6.45) is 2.53. The molecule has 0 fully saturated rings. The van der Waals surface area contributed by atoms with Crippen LogP contribution in [0.1, 0.15) is 5.56 Å². The molecule has 2 aromatic rings. The van der Waals surface area contributed by atoms with E-state index < -0.39 is 5.97 Å². The van der Waals surface area contributed by atoms with Gasteiger partial charge in [-0.3, -0.25) is 0 Å². The van der Waals surface area contributed by atoms with Crippen molar-refractivity contribution in [2.75, 3.05) is 27.4 Å². The lowest BCUT2D eigenvalue weighted by atomic mass is 10.1. The molecule has 2 rings (SSSR count). The van der Waals surface area contributed by atoms with Crippen molar-refractivity contribution in [2.24, 2.45) is 0 Å².